The summed E-state index contributed by atoms with van der Waals surface area (Å²) in [6.45, 7) is 0.674. The number of hydrogen-bond acceptors (Lipinski definition) is 4. The lowest BCUT2D eigenvalue weighted by molar-refractivity contribution is 0.357. The molecular weight excluding hydrogens is 228 g/mol. The lowest BCUT2D eigenvalue weighted by Gasteiger charge is -2.07. The van der Waals surface area contributed by atoms with Gasteiger partial charge in [-0.2, -0.15) is 0 Å². The molecule has 0 atom stereocenters. The molecule has 1 aromatic heterocycles. The summed E-state index contributed by atoms with van der Waals surface area (Å²) >= 11 is 6.19. The molecule has 1 aliphatic rings. The molecule has 0 spiro atoms. The molecule has 0 bridgehead atoms. The Bertz CT molecular complexity index is 551. The molecule has 0 amide bonds. The Morgan fingerprint density at radius 2 is 2.25 bits per heavy atom. The number of rotatable bonds is 1. The van der Waals surface area contributed by atoms with Gasteiger partial charge in [-0.3, -0.25) is 0 Å². The van der Waals surface area contributed by atoms with Gasteiger partial charge in [-0.25, -0.2) is 0 Å². The third-order valence-electron chi connectivity index (χ3n) is 2.70. The zero-order valence-electron chi connectivity index (χ0n) is 8.37. The molecule has 0 radical (unpaired) electrons. The van der Waals surface area contributed by atoms with Gasteiger partial charge < -0.3 is 15.0 Å². The fraction of sp³-hybridized carbons (Fsp3) is 0.182. The van der Waals surface area contributed by atoms with Crippen molar-refractivity contribution in [3.8, 4) is 16.9 Å². The summed E-state index contributed by atoms with van der Waals surface area (Å²) in [4.78, 5) is 0. The van der Waals surface area contributed by atoms with Gasteiger partial charge >= 0.3 is 0 Å². The van der Waals surface area contributed by atoms with E-state index in [1.54, 1.807) is 12.3 Å². The molecule has 0 saturated heterocycles. The van der Waals surface area contributed by atoms with Gasteiger partial charge in [-0.1, -0.05) is 16.8 Å². The average molecular weight is 237 g/mol. The van der Waals surface area contributed by atoms with E-state index in [-0.39, 0.29) is 5.88 Å². The van der Waals surface area contributed by atoms with Crippen LogP contribution in [0.1, 0.15) is 5.56 Å². The van der Waals surface area contributed by atoms with E-state index in [2.05, 4.69) is 5.16 Å². The molecule has 4 nitrogen and oxygen atoms in total. The van der Waals surface area contributed by atoms with Crippen molar-refractivity contribution < 1.29 is 9.26 Å². The highest BCUT2D eigenvalue weighted by Gasteiger charge is 2.22. The first-order chi connectivity index (χ1) is 7.77. The minimum absolute atomic E-state index is 0.280. The topological polar surface area (TPSA) is 61.3 Å². The normalized spacial score (nSPS) is 13.6. The summed E-state index contributed by atoms with van der Waals surface area (Å²) in [6.07, 6.45) is 2.41. The van der Waals surface area contributed by atoms with E-state index in [4.69, 9.17) is 26.6 Å². The standard InChI is InChI=1S/C11H9ClN2O2/c12-8-1-2-9-6(3-4-15-9)10(8)7-5-14-16-11(7)13/h1-2,5H,3-4,13H2. The number of nitrogens with two attached hydrogens (primary N) is 1. The van der Waals surface area contributed by atoms with Crippen LogP contribution in [0.5, 0.6) is 5.75 Å². The van der Waals surface area contributed by atoms with Gasteiger partial charge in [-0.05, 0) is 12.1 Å². The van der Waals surface area contributed by atoms with E-state index in [0.717, 1.165) is 28.9 Å². The number of ether oxygens (including phenoxy) is 1. The first-order valence-corrected chi connectivity index (χ1v) is 5.30. The molecule has 5 heteroatoms. The molecule has 3 rings (SSSR count). The first kappa shape index (κ1) is 9.54. The molecule has 1 aromatic carbocycles. The Hall–Kier alpha value is -1.68. The van der Waals surface area contributed by atoms with Gasteiger partial charge in [0.2, 0.25) is 5.88 Å². The van der Waals surface area contributed by atoms with Gasteiger partial charge in [0.1, 0.15) is 5.75 Å². The maximum absolute atomic E-state index is 6.19. The van der Waals surface area contributed by atoms with Crippen LogP contribution in [0.25, 0.3) is 11.1 Å². The van der Waals surface area contributed by atoms with Crippen molar-refractivity contribution in [1.29, 1.82) is 0 Å². The monoisotopic (exact) mass is 236 g/mol. The van der Waals surface area contributed by atoms with Gasteiger partial charge in [0, 0.05) is 22.6 Å². The largest absolute Gasteiger partial charge is 0.493 e. The van der Waals surface area contributed by atoms with Crippen molar-refractivity contribution in [3.63, 3.8) is 0 Å². The van der Waals surface area contributed by atoms with E-state index in [9.17, 15) is 0 Å². The number of nitrogen functional groups attached to an aromatic ring is 1. The predicted octanol–water partition coefficient (Wildman–Crippen LogP) is 2.51. The van der Waals surface area contributed by atoms with Gasteiger partial charge in [-0.15, -0.1) is 0 Å². The second-order valence-electron chi connectivity index (χ2n) is 3.60. The summed E-state index contributed by atoms with van der Waals surface area (Å²) in [5.41, 5.74) is 8.38. The molecule has 2 aromatic rings. The molecule has 0 unspecified atom stereocenters. The van der Waals surface area contributed by atoms with Crippen molar-refractivity contribution in [2.24, 2.45) is 0 Å². The van der Waals surface area contributed by atoms with Crippen LogP contribution >= 0.6 is 11.6 Å². The highest BCUT2D eigenvalue weighted by Crippen LogP contribution is 2.41. The third-order valence-corrected chi connectivity index (χ3v) is 3.01. The number of benzene rings is 1. The first-order valence-electron chi connectivity index (χ1n) is 4.92. The number of aromatic nitrogens is 1. The van der Waals surface area contributed by atoms with E-state index in [0.29, 0.717) is 11.6 Å². The SMILES string of the molecule is Nc1oncc1-c1c(Cl)ccc2c1CCO2. The Morgan fingerprint density at radius 3 is 3.00 bits per heavy atom. The third kappa shape index (κ3) is 1.27. The smallest absolute Gasteiger partial charge is 0.230 e. The second kappa shape index (κ2) is 3.42. The molecule has 82 valence electrons. The van der Waals surface area contributed by atoms with Crippen LogP contribution < -0.4 is 10.5 Å². The summed E-state index contributed by atoms with van der Waals surface area (Å²) in [5, 5.41) is 4.30. The van der Waals surface area contributed by atoms with Crippen LogP contribution in [0.15, 0.2) is 22.9 Å². The van der Waals surface area contributed by atoms with Crippen molar-refractivity contribution in [3.05, 3.63) is 28.9 Å². The molecule has 0 aliphatic carbocycles. The molecule has 0 fully saturated rings. The minimum Gasteiger partial charge on any atom is -0.493 e. The number of halogens is 1. The number of fused-ring (bicyclic) bond motifs is 1. The molecule has 0 saturated carbocycles. The van der Waals surface area contributed by atoms with Crippen LogP contribution in [-0.2, 0) is 6.42 Å². The highest BCUT2D eigenvalue weighted by atomic mass is 35.5. The molecular formula is C11H9ClN2O2. The fourth-order valence-electron chi connectivity index (χ4n) is 1.97. The Morgan fingerprint density at radius 1 is 1.38 bits per heavy atom. The van der Waals surface area contributed by atoms with Crippen LogP contribution in [0.3, 0.4) is 0 Å². The lowest BCUT2D eigenvalue weighted by atomic mass is 10.00. The minimum atomic E-state index is 0.280. The zero-order chi connectivity index (χ0) is 11.1. The van der Waals surface area contributed by atoms with Gasteiger partial charge in [0.05, 0.1) is 18.4 Å². The van der Waals surface area contributed by atoms with E-state index in [1.807, 2.05) is 6.07 Å². The van der Waals surface area contributed by atoms with E-state index < -0.39 is 0 Å². The molecule has 2 N–H and O–H groups in total. The van der Waals surface area contributed by atoms with Gasteiger partial charge in [0.25, 0.3) is 0 Å². The summed E-state index contributed by atoms with van der Waals surface area (Å²) in [7, 11) is 0. The van der Waals surface area contributed by atoms with Crippen molar-refractivity contribution in [2.45, 2.75) is 6.42 Å². The molecule has 1 aliphatic heterocycles. The van der Waals surface area contributed by atoms with Crippen LogP contribution in [0.4, 0.5) is 5.88 Å². The van der Waals surface area contributed by atoms with Crippen molar-refractivity contribution in [1.82, 2.24) is 5.16 Å². The average Bonchev–Trinajstić information content (AvgIpc) is 2.87. The fourth-order valence-corrected chi connectivity index (χ4v) is 2.25. The summed E-state index contributed by atoms with van der Waals surface area (Å²) in [6, 6.07) is 3.67. The number of nitrogens with zero attached hydrogens (tertiary/aromatic N) is 1. The Kier molecular flexibility index (Phi) is 2.04. The van der Waals surface area contributed by atoms with Crippen LogP contribution in [0.2, 0.25) is 5.02 Å². The van der Waals surface area contributed by atoms with E-state index in [1.165, 1.54) is 0 Å². The quantitative estimate of drug-likeness (QED) is 0.827. The van der Waals surface area contributed by atoms with E-state index >= 15 is 0 Å². The zero-order valence-corrected chi connectivity index (χ0v) is 9.12. The molecule has 2 heterocycles. The summed E-state index contributed by atoms with van der Waals surface area (Å²) < 4.78 is 10.3. The van der Waals surface area contributed by atoms with Crippen LogP contribution in [-0.4, -0.2) is 11.8 Å². The molecule has 16 heavy (non-hydrogen) atoms. The number of hydrogen-bond donors (Lipinski definition) is 1. The summed E-state index contributed by atoms with van der Waals surface area (Å²) in [5.74, 6) is 1.14. The van der Waals surface area contributed by atoms with Crippen molar-refractivity contribution in [2.75, 3.05) is 12.3 Å². The van der Waals surface area contributed by atoms with Crippen molar-refractivity contribution >= 4 is 17.5 Å². The maximum Gasteiger partial charge on any atom is 0.230 e. The lowest BCUT2D eigenvalue weighted by Crippen LogP contribution is -1.90. The Labute approximate surface area is 96.9 Å². The van der Waals surface area contributed by atoms with Crippen LogP contribution in [0, 0.1) is 0 Å². The van der Waals surface area contributed by atoms with Gasteiger partial charge in [0.15, 0.2) is 0 Å². The number of anilines is 1. The predicted molar refractivity (Wildman–Crippen MR) is 60.6 cm³/mol. The Balaban J connectivity index is 2.28. The maximum atomic E-state index is 6.19. The second-order valence-corrected chi connectivity index (χ2v) is 4.01. The highest BCUT2D eigenvalue weighted by molar-refractivity contribution is 6.33.